The van der Waals surface area contributed by atoms with E-state index in [1.807, 2.05) is 0 Å². The van der Waals surface area contributed by atoms with Gasteiger partial charge >= 0.3 is 37.9 Å². The van der Waals surface area contributed by atoms with Crippen molar-refractivity contribution in [2.75, 3.05) is 0 Å². The van der Waals surface area contributed by atoms with Crippen LogP contribution in [0, 0.1) is 0 Å². The number of hydrogen-bond acceptors (Lipinski definition) is 0. The Bertz CT molecular complexity index is 2730. The minimum absolute atomic E-state index is 0.580. The third kappa shape index (κ3) is 15.1. The van der Waals surface area contributed by atoms with Gasteiger partial charge in [-0.3, -0.25) is 0 Å². The third-order valence-electron chi connectivity index (χ3n) is 14.3. The Balaban J connectivity index is 0.000000241. The van der Waals surface area contributed by atoms with Crippen molar-refractivity contribution in [2.24, 2.45) is 0 Å². The van der Waals surface area contributed by atoms with E-state index in [1.54, 1.807) is 20.7 Å². The second-order valence-electron chi connectivity index (χ2n) is 24.1. The van der Waals surface area contributed by atoms with E-state index >= 15 is 0 Å². The quantitative estimate of drug-likeness (QED) is 0.0845. The minimum atomic E-state index is -1.47. The molecule has 72 heavy (non-hydrogen) atoms. The number of rotatable bonds is 12. The van der Waals surface area contributed by atoms with Gasteiger partial charge in [0, 0.05) is 9.52 Å². The average Bonchev–Trinajstić information content (AvgIpc) is 3.98. The van der Waals surface area contributed by atoms with Crippen molar-refractivity contribution in [3.8, 4) is 44.5 Å². The Kier molecular flexibility index (Phi) is 21.4. The van der Waals surface area contributed by atoms with Gasteiger partial charge in [0.25, 0.3) is 0 Å². The molecule has 8 rings (SSSR count). The summed E-state index contributed by atoms with van der Waals surface area (Å²) in [5, 5.41) is 11.8. The number of fused-ring (bicyclic) bond motifs is 2. The topological polar surface area (TPSA) is 0 Å². The maximum absolute atomic E-state index is 4.93. The van der Waals surface area contributed by atoms with Gasteiger partial charge in [0.05, 0.1) is 32.3 Å². The van der Waals surface area contributed by atoms with Gasteiger partial charge in [0.15, 0.2) is 0 Å². The molecule has 0 aliphatic carbocycles. The molecule has 0 aromatic heterocycles. The summed E-state index contributed by atoms with van der Waals surface area (Å²) >= 11 is -0.826. The number of hydrogen-bond donors (Lipinski definition) is 0. The second kappa shape index (κ2) is 25.8. The third-order valence-corrected chi connectivity index (χ3v) is 22.3. The molecule has 8 heteroatoms. The molecule has 2 atom stereocenters. The number of benzene rings is 6. The molecule has 0 spiro atoms. The molecule has 0 saturated carbocycles. The normalized spacial score (nSPS) is 12.7. The van der Waals surface area contributed by atoms with Crippen LogP contribution < -0.4 is 20.7 Å². The Morgan fingerprint density at radius 2 is 0.708 bits per heavy atom. The molecule has 0 fully saturated rings. The van der Waals surface area contributed by atoms with Crippen LogP contribution in [0.3, 0.4) is 0 Å². The van der Waals surface area contributed by atoms with Gasteiger partial charge in [-0.15, -0.1) is 56.9 Å². The Morgan fingerprint density at radius 1 is 0.431 bits per heavy atom. The fourth-order valence-corrected chi connectivity index (χ4v) is 14.3. The first-order chi connectivity index (χ1) is 33.8. The molecule has 2 radical (unpaired) electrons. The fourth-order valence-electron chi connectivity index (χ4n) is 9.26. The van der Waals surface area contributed by atoms with E-state index < -0.39 is 53.1 Å². The van der Waals surface area contributed by atoms with Crippen LogP contribution in [0.5, 0.6) is 0 Å². The zero-order chi connectivity index (χ0) is 53.3. The fraction of sp³-hybridized carbons (Fsp3) is 0.344. The average molecular weight is 1160 g/mol. The summed E-state index contributed by atoms with van der Waals surface area (Å²) in [5.74, 6) is 1.16. The van der Waals surface area contributed by atoms with Crippen molar-refractivity contribution in [2.45, 2.75) is 144 Å². The van der Waals surface area contributed by atoms with Gasteiger partial charge in [-0.25, -0.2) is 0 Å². The molecule has 0 nitrogen and oxygen atoms in total. The van der Waals surface area contributed by atoms with Gasteiger partial charge < -0.3 is 0 Å². The monoisotopic (exact) mass is 1150 g/mol. The molecule has 2 unspecified atom stereocenters. The first kappa shape index (κ1) is 60.0. The molecule has 8 aromatic rings. The predicted molar refractivity (Wildman–Crippen MR) is 339 cm³/mol. The van der Waals surface area contributed by atoms with Crippen molar-refractivity contribution in [3.63, 3.8) is 0 Å². The number of halogens is 2. The summed E-state index contributed by atoms with van der Waals surface area (Å²) in [5.41, 5.74) is 13.8. The molecule has 0 aliphatic heterocycles. The SMILES string of the molecule is CCC(C)c1cc2c(-c3cc([Si](C)(C)C)cc([Si](C)(C)C)c3)c(-c3ccccc3)ccc2[cH-]1.CCC(C)c1cc2c(-c3cc([Si](C)(C)C)cc([Si](C)(C)C)c3)c(-c3ccccc3)ccc2[cH-]1.C[Si]C.[Cl][Zr+2][Cl]. The standard InChI is InChI=1S/2C31H39Si2.C2H6Si.2ClH.Zr/c2*1-9-22(2)25-17-24-15-16-29(23-13-11-10-12-14-23)31(30(24)20-25)26-18-27(32(3,4)5)21-28(19-26)33(6,7)8;1-3-2;;;/h2*10-22H,9H2,1-8H3;1-2H3;2*1H;/q2*-1;;;;+4/p-2. The molecule has 0 bridgehead atoms. The van der Waals surface area contributed by atoms with Crippen LogP contribution in [0.1, 0.15) is 63.5 Å². The molecular formula is C64H84Cl2Si5Zr. The summed E-state index contributed by atoms with van der Waals surface area (Å²) in [6.45, 7) is 43.3. The predicted octanol–water partition coefficient (Wildman–Crippen LogP) is 19.2. The van der Waals surface area contributed by atoms with E-state index in [4.69, 9.17) is 17.0 Å². The summed E-state index contributed by atoms with van der Waals surface area (Å²) in [7, 11) is 5.08. The Labute approximate surface area is 463 Å². The van der Waals surface area contributed by atoms with Crippen molar-refractivity contribution in [1.29, 1.82) is 0 Å². The van der Waals surface area contributed by atoms with Gasteiger partial charge in [-0.1, -0.05) is 273 Å². The van der Waals surface area contributed by atoms with Crippen LogP contribution in [-0.2, 0) is 20.8 Å². The van der Waals surface area contributed by atoms with Crippen LogP contribution in [0.2, 0.25) is 91.7 Å². The molecule has 0 N–H and O–H groups in total. The van der Waals surface area contributed by atoms with E-state index in [1.165, 1.54) is 90.0 Å². The molecule has 0 amide bonds. The molecule has 0 aliphatic rings. The molecular weight excluding hydrogens is 1070 g/mol. The van der Waals surface area contributed by atoms with Crippen molar-refractivity contribution >= 4 is 101 Å². The Hall–Kier alpha value is -2.91. The van der Waals surface area contributed by atoms with Crippen molar-refractivity contribution in [1.82, 2.24) is 0 Å². The van der Waals surface area contributed by atoms with E-state index in [0.29, 0.717) is 11.8 Å². The van der Waals surface area contributed by atoms with E-state index in [9.17, 15) is 0 Å². The van der Waals surface area contributed by atoms with Gasteiger partial charge in [0.1, 0.15) is 0 Å². The van der Waals surface area contributed by atoms with E-state index in [-0.39, 0.29) is 0 Å². The first-order valence-corrected chi connectivity index (χ1v) is 48.6. The van der Waals surface area contributed by atoms with E-state index in [2.05, 4.69) is 265 Å². The summed E-state index contributed by atoms with van der Waals surface area (Å²) in [6, 6.07) is 56.2. The van der Waals surface area contributed by atoms with Crippen molar-refractivity contribution < 1.29 is 20.8 Å². The maximum atomic E-state index is 4.93. The van der Waals surface area contributed by atoms with Crippen LogP contribution in [0.15, 0.2) is 146 Å². The van der Waals surface area contributed by atoms with Crippen LogP contribution in [0.25, 0.3) is 66.1 Å². The summed E-state index contributed by atoms with van der Waals surface area (Å²) < 4.78 is 0. The second-order valence-corrected chi connectivity index (χ2v) is 49.1. The molecule has 0 heterocycles. The van der Waals surface area contributed by atoms with Gasteiger partial charge in [-0.05, 0) is 45.2 Å². The summed E-state index contributed by atoms with van der Waals surface area (Å²) in [6.07, 6.45) is 2.34. The summed E-state index contributed by atoms with van der Waals surface area (Å²) in [4.78, 5) is 0. The van der Waals surface area contributed by atoms with Crippen LogP contribution >= 0.6 is 17.0 Å². The van der Waals surface area contributed by atoms with Crippen molar-refractivity contribution in [3.05, 3.63) is 157 Å². The molecule has 0 saturated heterocycles. The van der Waals surface area contributed by atoms with Gasteiger partial charge in [0.2, 0.25) is 0 Å². The Morgan fingerprint density at radius 3 is 0.958 bits per heavy atom. The zero-order valence-corrected chi connectivity index (χ0v) is 56.2. The molecule has 8 aromatic carbocycles. The zero-order valence-electron chi connectivity index (χ0n) is 47.2. The van der Waals surface area contributed by atoms with Crippen LogP contribution in [0.4, 0.5) is 0 Å². The van der Waals surface area contributed by atoms with Gasteiger partial charge in [-0.2, -0.15) is 12.1 Å². The molecule has 378 valence electrons. The van der Waals surface area contributed by atoms with E-state index in [0.717, 1.165) is 9.52 Å². The van der Waals surface area contributed by atoms with Crippen LogP contribution in [-0.4, -0.2) is 41.8 Å². The first-order valence-electron chi connectivity index (χ1n) is 26.3.